The summed E-state index contributed by atoms with van der Waals surface area (Å²) < 4.78 is 1.81. The summed E-state index contributed by atoms with van der Waals surface area (Å²) in [6.45, 7) is 4.06. The fourth-order valence-electron chi connectivity index (χ4n) is 2.24. The second-order valence-electron chi connectivity index (χ2n) is 5.30. The van der Waals surface area contributed by atoms with Crippen LogP contribution in [0.3, 0.4) is 0 Å². The van der Waals surface area contributed by atoms with Crippen LogP contribution in [0, 0.1) is 13.8 Å². The van der Waals surface area contributed by atoms with Gasteiger partial charge in [0.05, 0.1) is 11.4 Å². The fraction of sp³-hybridized carbons (Fsp3) is 0.125. The summed E-state index contributed by atoms with van der Waals surface area (Å²) in [5.41, 5.74) is 4.17. The van der Waals surface area contributed by atoms with Gasteiger partial charge in [0.15, 0.2) is 5.82 Å². The Morgan fingerprint density at radius 2 is 1.83 bits per heavy atom. The second-order valence-corrected chi connectivity index (χ2v) is 6.14. The lowest BCUT2D eigenvalue weighted by Crippen LogP contribution is -1.98. The van der Waals surface area contributed by atoms with E-state index in [-0.39, 0.29) is 0 Å². The molecule has 1 aromatic carbocycles. The molecule has 3 aromatic heterocycles. The van der Waals surface area contributed by atoms with Gasteiger partial charge in [0.25, 0.3) is 0 Å². The van der Waals surface area contributed by atoms with Crippen LogP contribution in [0.4, 0.5) is 11.8 Å². The average molecular weight is 322 g/mol. The molecule has 1 N–H and O–H groups in total. The van der Waals surface area contributed by atoms with Gasteiger partial charge in [-0.1, -0.05) is 29.8 Å². The van der Waals surface area contributed by atoms with Gasteiger partial charge in [-0.2, -0.15) is 4.98 Å². The molecule has 0 spiro atoms. The van der Waals surface area contributed by atoms with Gasteiger partial charge in [-0.05, 0) is 26.0 Å². The van der Waals surface area contributed by atoms with Crippen molar-refractivity contribution in [2.45, 2.75) is 13.8 Å². The fourth-order valence-corrected chi connectivity index (χ4v) is 3.04. The predicted molar refractivity (Wildman–Crippen MR) is 91.1 cm³/mol. The van der Waals surface area contributed by atoms with E-state index in [0.717, 1.165) is 21.9 Å². The van der Waals surface area contributed by atoms with Crippen molar-refractivity contribution in [1.82, 2.24) is 24.8 Å². The number of thiazole rings is 1. The second kappa shape index (κ2) is 5.44. The smallest absolute Gasteiger partial charge is 0.249 e. The van der Waals surface area contributed by atoms with E-state index >= 15 is 0 Å². The first-order valence-corrected chi connectivity index (χ1v) is 8.06. The summed E-state index contributed by atoms with van der Waals surface area (Å²) in [4.78, 5) is 5.27. The van der Waals surface area contributed by atoms with Crippen LogP contribution in [0.2, 0.25) is 0 Å². The Morgan fingerprint density at radius 3 is 2.52 bits per heavy atom. The predicted octanol–water partition coefficient (Wildman–Crippen LogP) is 3.61. The van der Waals surface area contributed by atoms with Crippen molar-refractivity contribution in [2.24, 2.45) is 0 Å². The molecule has 3 heterocycles. The minimum absolute atomic E-state index is 0.525. The first kappa shape index (κ1) is 13.8. The van der Waals surface area contributed by atoms with Gasteiger partial charge in [0.2, 0.25) is 10.9 Å². The number of hydrogen-bond donors (Lipinski definition) is 1. The lowest BCUT2D eigenvalue weighted by atomic mass is 10.1. The molecule has 0 aliphatic carbocycles. The van der Waals surface area contributed by atoms with Crippen molar-refractivity contribution >= 4 is 28.1 Å². The maximum Gasteiger partial charge on any atom is 0.249 e. The van der Waals surface area contributed by atoms with Crippen LogP contribution >= 0.6 is 11.3 Å². The van der Waals surface area contributed by atoms with Crippen molar-refractivity contribution in [2.75, 3.05) is 5.32 Å². The summed E-state index contributed by atoms with van der Waals surface area (Å²) in [5, 5.41) is 18.0. The molecule has 4 aromatic rings. The van der Waals surface area contributed by atoms with E-state index in [1.807, 2.05) is 36.6 Å². The summed E-state index contributed by atoms with van der Waals surface area (Å²) in [6.07, 6.45) is 0. The lowest BCUT2D eigenvalue weighted by Gasteiger charge is -2.03. The van der Waals surface area contributed by atoms with Gasteiger partial charge in [0.1, 0.15) is 0 Å². The standard InChI is InChI=1S/C16H14N6S/c1-10-3-5-12(6-4-10)13-7-8-14(20-19-13)17-15-18-16-22(21-15)11(2)9-23-16/h3-9H,1-2H3,(H,17,20,21). The summed E-state index contributed by atoms with van der Waals surface area (Å²) in [7, 11) is 0. The van der Waals surface area contributed by atoms with E-state index in [2.05, 4.69) is 44.7 Å². The number of hydrogen-bond acceptors (Lipinski definition) is 6. The van der Waals surface area contributed by atoms with Gasteiger partial charge < -0.3 is 5.32 Å². The Hall–Kier alpha value is -2.80. The van der Waals surface area contributed by atoms with Crippen LogP contribution in [0.5, 0.6) is 0 Å². The van der Waals surface area contributed by atoms with Crippen molar-refractivity contribution in [3.63, 3.8) is 0 Å². The third-order valence-electron chi connectivity index (χ3n) is 3.50. The monoisotopic (exact) mass is 322 g/mol. The zero-order chi connectivity index (χ0) is 15.8. The number of benzene rings is 1. The topological polar surface area (TPSA) is 68.0 Å². The van der Waals surface area contributed by atoms with E-state index in [9.17, 15) is 0 Å². The largest absolute Gasteiger partial charge is 0.306 e. The van der Waals surface area contributed by atoms with Crippen LogP contribution in [0.25, 0.3) is 16.2 Å². The number of anilines is 2. The highest BCUT2D eigenvalue weighted by Gasteiger charge is 2.08. The Kier molecular flexibility index (Phi) is 3.27. The van der Waals surface area contributed by atoms with Crippen LogP contribution < -0.4 is 5.32 Å². The molecule has 6 nitrogen and oxygen atoms in total. The van der Waals surface area contributed by atoms with Crippen molar-refractivity contribution in [3.8, 4) is 11.3 Å². The Balaban J connectivity index is 1.56. The van der Waals surface area contributed by atoms with Crippen molar-refractivity contribution < 1.29 is 0 Å². The molecule has 0 saturated heterocycles. The molecule has 7 heteroatoms. The van der Waals surface area contributed by atoms with Crippen molar-refractivity contribution in [1.29, 1.82) is 0 Å². The number of aryl methyl sites for hydroxylation is 2. The number of fused-ring (bicyclic) bond motifs is 1. The number of nitrogens with zero attached hydrogens (tertiary/aromatic N) is 5. The molecule has 114 valence electrons. The van der Waals surface area contributed by atoms with Gasteiger partial charge in [0, 0.05) is 10.9 Å². The summed E-state index contributed by atoms with van der Waals surface area (Å²) in [6, 6.07) is 12.0. The molecule has 0 fully saturated rings. The highest BCUT2D eigenvalue weighted by atomic mass is 32.1. The zero-order valence-corrected chi connectivity index (χ0v) is 13.5. The first-order chi connectivity index (χ1) is 11.2. The minimum atomic E-state index is 0.525. The van der Waals surface area contributed by atoms with Crippen LogP contribution in [0.15, 0.2) is 41.8 Å². The van der Waals surface area contributed by atoms with Crippen molar-refractivity contribution in [3.05, 3.63) is 53.0 Å². The van der Waals surface area contributed by atoms with Gasteiger partial charge in [-0.15, -0.1) is 26.6 Å². The average Bonchev–Trinajstić information content (AvgIpc) is 3.11. The first-order valence-electron chi connectivity index (χ1n) is 7.18. The van der Waals surface area contributed by atoms with Gasteiger partial charge >= 0.3 is 0 Å². The SMILES string of the molecule is Cc1ccc(-c2ccc(Nc3nc4scc(C)n4n3)nn2)cc1. The lowest BCUT2D eigenvalue weighted by molar-refractivity contribution is 0.933. The number of aromatic nitrogens is 5. The molecule has 0 unspecified atom stereocenters. The number of nitrogens with one attached hydrogen (secondary N) is 1. The summed E-state index contributed by atoms with van der Waals surface area (Å²) >= 11 is 1.56. The number of rotatable bonds is 3. The van der Waals surface area contributed by atoms with Crippen LogP contribution in [0.1, 0.15) is 11.3 Å². The Morgan fingerprint density at radius 1 is 1.00 bits per heavy atom. The maximum absolute atomic E-state index is 4.41. The molecule has 4 rings (SSSR count). The van der Waals surface area contributed by atoms with Gasteiger partial charge in [-0.3, -0.25) is 0 Å². The molecule has 0 bridgehead atoms. The third kappa shape index (κ3) is 2.66. The van der Waals surface area contributed by atoms with E-state index in [4.69, 9.17) is 0 Å². The Labute approximate surface area is 136 Å². The van der Waals surface area contributed by atoms with E-state index in [0.29, 0.717) is 11.8 Å². The maximum atomic E-state index is 4.41. The quantitative estimate of drug-likeness (QED) is 0.624. The van der Waals surface area contributed by atoms with Crippen LogP contribution in [-0.2, 0) is 0 Å². The molecule has 0 aliphatic rings. The highest BCUT2D eigenvalue weighted by molar-refractivity contribution is 7.15. The van der Waals surface area contributed by atoms with E-state index in [1.165, 1.54) is 5.56 Å². The molecule has 0 aliphatic heterocycles. The zero-order valence-electron chi connectivity index (χ0n) is 12.7. The molecule has 0 saturated carbocycles. The van der Waals surface area contributed by atoms with E-state index < -0.39 is 0 Å². The molecule has 23 heavy (non-hydrogen) atoms. The molecular formula is C16H14N6S. The molecule has 0 atom stereocenters. The van der Waals surface area contributed by atoms with Gasteiger partial charge in [-0.25, -0.2) is 4.52 Å². The Bertz CT molecular complexity index is 953. The molecular weight excluding hydrogens is 308 g/mol. The normalized spacial score (nSPS) is 11.0. The van der Waals surface area contributed by atoms with Crippen LogP contribution in [-0.4, -0.2) is 24.8 Å². The minimum Gasteiger partial charge on any atom is -0.306 e. The summed E-state index contributed by atoms with van der Waals surface area (Å²) in [5.74, 6) is 1.15. The molecule has 0 radical (unpaired) electrons. The third-order valence-corrected chi connectivity index (χ3v) is 4.43. The molecule has 0 amide bonds. The van der Waals surface area contributed by atoms with E-state index in [1.54, 1.807) is 15.9 Å². The highest BCUT2D eigenvalue weighted by Crippen LogP contribution is 2.20.